The van der Waals surface area contributed by atoms with Crippen molar-refractivity contribution in [2.24, 2.45) is 23.4 Å². The second-order valence-corrected chi connectivity index (χ2v) is 7.96. The fourth-order valence-electron chi connectivity index (χ4n) is 4.25. The second-order valence-electron chi connectivity index (χ2n) is 7.96. The molecule has 2 atom stereocenters. The predicted molar refractivity (Wildman–Crippen MR) is 93.3 cm³/mol. The van der Waals surface area contributed by atoms with Crippen molar-refractivity contribution < 1.29 is 22.4 Å². The molecule has 148 valence electrons. The molecule has 1 aliphatic carbocycles. The van der Waals surface area contributed by atoms with Crippen molar-refractivity contribution in [2.75, 3.05) is 0 Å². The Balaban J connectivity index is 1.99. The Kier molecular flexibility index (Phi) is 3.76. The molecule has 0 amide bonds. The number of aliphatic imine (C=N–C) groups is 1. The summed E-state index contributed by atoms with van der Waals surface area (Å²) in [4.78, 5) is 30.0. The van der Waals surface area contributed by atoms with Crippen molar-refractivity contribution in [1.29, 1.82) is 0 Å². The first-order valence-corrected chi connectivity index (χ1v) is 8.69. The summed E-state index contributed by atoms with van der Waals surface area (Å²) in [6.07, 6.45) is -4.55. The van der Waals surface area contributed by atoms with E-state index in [9.17, 15) is 27.2 Å². The summed E-state index contributed by atoms with van der Waals surface area (Å²) < 4.78 is 54.9. The molecular weight excluding hydrogens is 378 g/mol. The number of ketones is 1. The van der Waals surface area contributed by atoms with Crippen LogP contribution in [-0.2, 0) is 18.0 Å². The number of carbonyl (C=O) groups is 1. The molecule has 2 unspecified atom stereocenters. The molecule has 1 fully saturated rings. The van der Waals surface area contributed by atoms with Gasteiger partial charge in [-0.3, -0.25) is 19.4 Å². The number of aromatic nitrogens is 2. The number of Topliss-reactive ketones (excluding diaryl/α,β-unsaturated/α-hetero) is 1. The summed E-state index contributed by atoms with van der Waals surface area (Å²) in [5, 5.41) is 2.55. The van der Waals surface area contributed by atoms with Crippen molar-refractivity contribution >= 4 is 17.3 Å². The number of nitrogens with one attached hydrogen (secondary N) is 1. The van der Waals surface area contributed by atoms with E-state index in [1.54, 1.807) is 20.9 Å². The fourth-order valence-corrected chi connectivity index (χ4v) is 4.25. The summed E-state index contributed by atoms with van der Waals surface area (Å²) in [6.45, 7) is 3.49. The molecule has 2 aliphatic rings. The summed E-state index contributed by atoms with van der Waals surface area (Å²) >= 11 is 0. The van der Waals surface area contributed by atoms with Crippen LogP contribution >= 0.6 is 0 Å². The van der Waals surface area contributed by atoms with Crippen LogP contribution in [0.4, 0.5) is 23.4 Å². The van der Waals surface area contributed by atoms with E-state index in [1.165, 1.54) is 10.7 Å². The third-order valence-corrected chi connectivity index (χ3v) is 5.55. The molecule has 1 N–H and O–H groups in total. The fraction of sp³-hybridized carbons (Fsp3) is 0.421. The van der Waals surface area contributed by atoms with Gasteiger partial charge in [0.1, 0.15) is 11.6 Å². The zero-order chi connectivity index (χ0) is 20.6. The Labute approximate surface area is 157 Å². The average Bonchev–Trinajstić information content (AvgIpc) is 2.98. The van der Waals surface area contributed by atoms with Gasteiger partial charge in [-0.1, -0.05) is 19.9 Å². The Hall–Kier alpha value is -2.71. The van der Waals surface area contributed by atoms with Crippen LogP contribution in [0.1, 0.15) is 42.9 Å². The zero-order valence-corrected chi connectivity index (χ0v) is 15.3. The van der Waals surface area contributed by atoms with Gasteiger partial charge in [-0.2, -0.15) is 13.2 Å². The largest absolute Gasteiger partial charge is 0.419 e. The van der Waals surface area contributed by atoms with Crippen LogP contribution in [0.15, 0.2) is 28.0 Å². The maximum absolute atomic E-state index is 13.8. The number of aromatic amines is 1. The van der Waals surface area contributed by atoms with Crippen LogP contribution in [0.25, 0.3) is 0 Å². The van der Waals surface area contributed by atoms with E-state index in [-0.39, 0.29) is 22.7 Å². The van der Waals surface area contributed by atoms with Crippen LogP contribution in [0, 0.1) is 17.2 Å². The van der Waals surface area contributed by atoms with Crippen molar-refractivity contribution in [3.63, 3.8) is 0 Å². The Morgan fingerprint density at radius 1 is 1.21 bits per heavy atom. The Morgan fingerprint density at radius 2 is 1.89 bits per heavy atom. The van der Waals surface area contributed by atoms with Crippen molar-refractivity contribution in [3.05, 3.63) is 51.1 Å². The van der Waals surface area contributed by atoms with E-state index >= 15 is 0 Å². The van der Waals surface area contributed by atoms with E-state index in [0.717, 1.165) is 6.07 Å². The van der Waals surface area contributed by atoms with Gasteiger partial charge in [-0.25, -0.2) is 9.38 Å². The molecule has 28 heavy (non-hydrogen) atoms. The number of hydrogen-bond acceptors (Lipinski definition) is 3. The minimum atomic E-state index is -4.89. The van der Waals surface area contributed by atoms with Crippen molar-refractivity contribution in [2.45, 2.75) is 32.4 Å². The van der Waals surface area contributed by atoms with E-state index in [4.69, 9.17) is 0 Å². The maximum atomic E-state index is 13.8. The van der Waals surface area contributed by atoms with E-state index in [1.807, 2.05) is 0 Å². The normalized spacial score (nSPS) is 23.4. The van der Waals surface area contributed by atoms with Gasteiger partial charge in [0.25, 0.3) is 5.56 Å². The third-order valence-electron chi connectivity index (χ3n) is 5.55. The summed E-state index contributed by atoms with van der Waals surface area (Å²) in [5.74, 6) is -3.12. The number of rotatable bonds is 1. The number of alkyl halides is 3. The molecule has 0 spiro atoms. The molecule has 4 rings (SSSR count). The number of fused-ring (bicyclic) bond motifs is 2. The van der Waals surface area contributed by atoms with Gasteiger partial charge < -0.3 is 0 Å². The molecule has 1 aliphatic heterocycles. The molecule has 1 saturated carbocycles. The third kappa shape index (κ3) is 2.56. The average molecular weight is 395 g/mol. The highest BCUT2D eigenvalue weighted by atomic mass is 19.4. The van der Waals surface area contributed by atoms with Gasteiger partial charge in [-0.05, 0) is 24.1 Å². The molecule has 2 heterocycles. The Morgan fingerprint density at radius 3 is 2.54 bits per heavy atom. The van der Waals surface area contributed by atoms with Crippen LogP contribution in [0.2, 0.25) is 0 Å². The van der Waals surface area contributed by atoms with Gasteiger partial charge in [-0.15, -0.1) is 0 Å². The minimum Gasteiger partial charge on any atom is -0.298 e. The lowest BCUT2D eigenvalue weighted by Crippen LogP contribution is -2.32. The zero-order valence-electron chi connectivity index (χ0n) is 15.3. The standard InChI is InChI=1S/C19H17F4N3O2/c1-18(2)7-11-13(15(18)27)12(14-16(24-11)26(3)25-17(14)28)8-4-5-10(20)9(6-8)19(21,22)23/h4-6,12-13H,7H2,1-3H3,(H,25,28). The van der Waals surface area contributed by atoms with Gasteiger partial charge in [0.15, 0.2) is 5.82 Å². The molecule has 0 bridgehead atoms. The number of halogens is 4. The lowest BCUT2D eigenvalue weighted by atomic mass is 9.76. The number of hydrogen-bond donors (Lipinski definition) is 1. The Bertz CT molecular complexity index is 1090. The molecule has 5 nitrogen and oxygen atoms in total. The van der Waals surface area contributed by atoms with E-state index < -0.39 is 40.4 Å². The quantitative estimate of drug-likeness (QED) is 0.748. The lowest BCUT2D eigenvalue weighted by Gasteiger charge is -2.27. The molecule has 2 aromatic rings. The number of H-pyrrole nitrogens is 1. The molecular formula is C19H17F4N3O2. The van der Waals surface area contributed by atoms with E-state index in [0.29, 0.717) is 18.2 Å². The number of aryl methyl sites for hydroxylation is 1. The first-order chi connectivity index (χ1) is 12.9. The molecule has 0 radical (unpaired) electrons. The van der Waals surface area contributed by atoms with E-state index in [2.05, 4.69) is 10.1 Å². The number of carbonyl (C=O) groups excluding carboxylic acids is 1. The van der Waals surface area contributed by atoms with Gasteiger partial charge in [0, 0.05) is 24.1 Å². The summed E-state index contributed by atoms with van der Waals surface area (Å²) in [7, 11) is 1.56. The number of nitrogens with zero attached hydrogens (tertiary/aromatic N) is 2. The highest BCUT2D eigenvalue weighted by Gasteiger charge is 2.52. The summed E-state index contributed by atoms with van der Waals surface area (Å²) in [6, 6.07) is 2.62. The van der Waals surface area contributed by atoms with Crippen LogP contribution in [-0.4, -0.2) is 21.3 Å². The molecule has 0 saturated heterocycles. The summed E-state index contributed by atoms with van der Waals surface area (Å²) in [5.41, 5.74) is -1.98. The molecule has 9 heteroatoms. The maximum Gasteiger partial charge on any atom is 0.419 e. The van der Waals surface area contributed by atoms with Crippen molar-refractivity contribution in [1.82, 2.24) is 9.78 Å². The highest BCUT2D eigenvalue weighted by Crippen LogP contribution is 2.50. The minimum absolute atomic E-state index is 0.0649. The SMILES string of the molecule is Cn1[nH]c(=O)c2c1N=C1CC(C)(C)C(=O)C1C2c1ccc(F)c(C(F)(F)F)c1. The topological polar surface area (TPSA) is 67.2 Å². The smallest absolute Gasteiger partial charge is 0.298 e. The molecule has 1 aromatic heterocycles. The van der Waals surface area contributed by atoms with Gasteiger partial charge in [0.2, 0.25) is 0 Å². The predicted octanol–water partition coefficient (Wildman–Crippen LogP) is 3.70. The van der Waals surface area contributed by atoms with Gasteiger partial charge >= 0.3 is 6.18 Å². The van der Waals surface area contributed by atoms with Crippen LogP contribution in [0.5, 0.6) is 0 Å². The first kappa shape index (κ1) is 18.6. The van der Waals surface area contributed by atoms with Crippen LogP contribution in [0.3, 0.4) is 0 Å². The monoisotopic (exact) mass is 395 g/mol. The highest BCUT2D eigenvalue weighted by molar-refractivity contribution is 6.16. The van der Waals surface area contributed by atoms with Crippen molar-refractivity contribution in [3.8, 4) is 0 Å². The number of benzene rings is 1. The second kappa shape index (κ2) is 5.65. The van der Waals surface area contributed by atoms with Crippen LogP contribution < -0.4 is 5.56 Å². The molecule has 1 aromatic carbocycles. The van der Waals surface area contributed by atoms with Gasteiger partial charge in [0.05, 0.1) is 17.0 Å². The lowest BCUT2D eigenvalue weighted by molar-refractivity contribution is -0.140. The first-order valence-electron chi connectivity index (χ1n) is 8.69.